The number of carbonyl (C=O) groups is 1. The molecule has 0 aliphatic carbocycles. The summed E-state index contributed by atoms with van der Waals surface area (Å²) in [5.41, 5.74) is 4.92. The van der Waals surface area contributed by atoms with Crippen LogP contribution in [0.1, 0.15) is 17.0 Å². The molecule has 0 fully saturated rings. The number of halogens is 2. The molecule has 0 saturated heterocycles. The molecule has 0 unspecified atom stereocenters. The predicted octanol–water partition coefficient (Wildman–Crippen LogP) is 5.41. The maximum Gasteiger partial charge on any atom is 0.312 e. The number of amides is 1. The average Bonchev–Trinajstić information content (AvgIpc) is 3.31. The number of phenols is 1. The van der Waals surface area contributed by atoms with Crippen molar-refractivity contribution in [2.24, 2.45) is 5.10 Å². The molecule has 0 aliphatic rings. The minimum absolute atomic E-state index is 0.0173. The monoisotopic (exact) mass is 721 g/mol. The van der Waals surface area contributed by atoms with E-state index >= 15 is 0 Å². The zero-order valence-corrected chi connectivity index (χ0v) is 24.9. The summed E-state index contributed by atoms with van der Waals surface area (Å²) >= 11 is 6.62. The molecular weight excluding hydrogens is 701 g/mol. The molecule has 3 N–H and O–H groups in total. The van der Waals surface area contributed by atoms with Gasteiger partial charge in [-0.05, 0) is 71.5 Å². The van der Waals surface area contributed by atoms with Crippen LogP contribution in [-0.4, -0.2) is 42.7 Å². The van der Waals surface area contributed by atoms with Crippen molar-refractivity contribution in [1.29, 1.82) is 0 Å². The zero-order chi connectivity index (χ0) is 27.9. The fourth-order valence-electron chi connectivity index (χ4n) is 3.52. The Kier molecular flexibility index (Phi) is 9.53. The third-order valence-electron chi connectivity index (χ3n) is 5.35. The number of nitrogens with one attached hydrogen (secondary N) is 2. The largest absolute Gasteiger partial charge is 0.502 e. The topological polar surface area (TPSA) is 148 Å². The fourth-order valence-corrected chi connectivity index (χ4v) is 5.40. The highest BCUT2D eigenvalue weighted by Crippen LogP contribution is 2.32. The lowest BCUT2D eigenvalue weighted by Crippen LogP contribution is -2.20. The average molecular weight is 722 g/mol. The van der Waals surface area contributed by atoms with Gasteiger partial charge in [-0.15, -0.1) is 10.2 Å². The SMILES string of the molecule is Cc1cc(I)ccc1NCc1nnc(SCC(=O)NN=Cc2cc(Br)cc([N+](=O)[O-])c2O)n1-c1ccccc1. The van der Waals surface area contributed by atoms with Crippen LogP contribution in [0.5, 0.6) is 5.75 Å². The molecule has 14 heteroatoms. The highest BCUT2D eigenvalue weighted by atomic mass is 127. The number of anilines is 1. The molecule has 0 atom stereocenters. The van der Waals surface area contributed by atoms with Crippen LogP contribution in [0, 0.1) is 20.6 Å². The van der Waals surface area contributed by atoms with Crippen LogP contribution in [0.2, 0.25) is 0 Å². The second-order valence-corrected chi connectivity index (χ2v) is 11.2. The van der Waals surface area contributed by atoms with Crippen LogP contribution in [0.3, 0.4) is 0 Å². The quantitative estimate of drug-likeness (QED) is 0.0648. The van der Waals surface area contributed by atoms with Crippen molar-refractivity contribution in [3.8, 4) is 11.4 Å². The summed E-state index contributed by atoms with van der Waals surface area (Å²) in [6.07, 6.45) is 1.14. The molecule has 4 rings (SSSR count). The van der Waals surface area contributed by atoms with Gasteiger partial charge in [0.15, 0.2) is 11.0 Å². The maximum absolute atomic E-state index is 12.5. The van der Waals surface area contributed by atoms with Crippen LogP contribution in [-0.2, 0) is 11.3 Å². The smallest absolute Gasteiger partial charge is 0.312 e. The maximum atomic E-state index is 12.5. The number of rotatable bonds is 10. The number of benzene rings is 3. The van der Waals surface area contributed by atoms with Crippen molar-refractivity contribution in [2.75, 3.05) is 11.1 Å². The molecule has 39 heavy (non-hydrogen) atoms. The Hall–Kier alpha value is -3.50. The van der Waals surface area contributed by atoms with E-state index in [0.717, 1.165) is 26.7 Å². The molecule has 1 aromatic heterocycles. The number of hydrazone groups is 1. The predicted molar refractivity (Wildman–Crippen MR) is 162 cm³/mol. The molecule has 0 bridgehead atoms. The Morgan fingerprint density at radius 2 is 2.00 bits per heavy atom. The van der Waals surface area contributed by atoms with Crippen molar-refractivity contribution in [3.63, 3.8) is 0 Å². The van der Waals surface area contributed by atoms with Gasteiger partial charge in [0.05, 0.1) is 23.4 Å². The first-order valence-corrected chi connectivity index (χ1v) is 14.2. The minimum atomic E-state index is -0.707. The molecule has 1 amide bonds. The minimum Gasteiger partial charge on any atom is -0.502 e. The summed E-state index contributed by atoms with van der Waals surface area (Å²) in [6, 6.07) is 18.4. The molecule has 4 aromatic rings. The van der Waals surface area contributed by atoms with Crippen LogP contribution in [0.25, 0.3) is 5.69 Å². The van der Waals surface area contributed by atoms with Crippen molar-refractivity contribution < 1.29 is 14.8 Å². The van der Waals surface area contributed by atoms with Gasteiger partial charge < -0.3 is 10.4 Å². The van der Waals surface area contributed by atoms with Crippen molar-refractivity contribution >= 4 is 73.8 Å². The number of para-hydroxylation sites is 1. The Morgan fingerprint density at radius 1 is 1.23 bits per heavy atom. The van der Waals surface area contributed by atoms with E-state index in [-0.39, 0.29) is 11.3 Å². The summed E-state index contributed by atoms with van der Waals surface area (Å²) in [5.74, 6) is -0.326. The van der Waals surface area contributed by atoms with Gasteiger partial charge in [-0.3, -0.25) is 19.5 Å². The van der Waals surface area contributed by atoms with Crippen molar-refractivity contribution in [2.45, 2.75) is 18.6 Å². The Bertz CT molecular complexity index is 1550. The number of aromatic nitrogens is 3. The van der Waals surface area contributed by atoms with E-state index in [1.54, 1.807) is 0 Å². The highest BCUT2D eigenvalue weighted by molar-refractivity contribution is 14.1. The number of nitrogens with zero attached hydrogens (tertiary/aromatic N) is 5. The lowest BCUT2D eigenvalue weighted by atomic mass is 10.2. The standard InChI is InChI=1S/C25H21BrIN7O4S/c1-15-9-18(27)7-8-20(15)28-13-22-30-32-25(33(22)19-5-3-2-4-6-19)39-14-23(35)31-29-12-16-10-17(26)11-21(24(16)36)34(37)38/h2-12,28,36H,13-14H2,1H3,(H,31,35). The molecule has 1 heterocycles. The van der Waals surface area contributed by atoms with E-state index in [1.165, 1.54) is 23.9 Å². The van der Waals surface area contributed by atoms with E-state index in [0.29, 0.717) is 22.0 Å². The molecule has 0 saturated carbocycles. The number of hydrogen-bond acceptors (Lipinski definition) is 9. The number of hydrogen-bond donors (Lipinski definition) is 3. The van der Waals surface area contributed by atoms with E-state index in [1.807, 2.05) is 54.0 Å². The van der Waals surface area contributed by atoms with Crippen LogP contribution < -0.4 is 10.7 Å². The van der Waals surface area contributed by atoms with Crippen LogP contribution in [0.4, 0.5) is 11.4 Å². The summed E-state index contributed by atoms with van der Waals surface area (Å²) in [6.45, 7) is 2.46. The van der Waals surface area contributed by atoms with Gasteiger partial charge in [0.1, 0.15) is 0 Å². The van der Waals surface area contributed by atoms with Crippen molar-refractivity contribution in [3.05, 3.63) is 95.8 Å². The summed E-state index contributed by atoms with van der Waals surface area (Å²) in [5, 5.41) is 37.6. The van der Waals surface area contributed by atoms with Crippen LogP contribution in [0.15, 0.2) is 75.4 Å². The molecule has 0 spiro atoms. The van der Waals surface area contributed by atoms with Gasteiger partial charge in [-0.2, -0.15) is 5.10 Å². The lowest BCUT2D eigenvalue weighted by Gasteiger charge is -2.12. The number of aromatic hydroxyl groups is 1. The first kappa shape index (κ1) is 28.5. The van der Waals surface area contributed by atoms with Crippen molar-refractivity contribution in [1.82, 2.24) is 20.2 Å². The van der Waals surface area contributed by atoms with Gasteiger partial charge in [0.2, 0.25) is 5.75 Å². The molecular formula is C25H21BrIN7O4S. The molecule has 0 aliphatic heterocycles. The number of phenolic OH excluding ortho intramolecular Hbond substituents is 1. The van der Waals surface area contributed by atoms with Gasteiger partial charge >= 0.3 is 5.69 Å². The molecule has 11 nitrogen and oxygen atoms in total. The van der Waals surface area contributed by atoms with Gasteiger partial charge in [-0.1, -0.05) is 45.9 Å². The Morgan fingerprint density at radius 3 is 2.72 bits per heavy atom. The molecule has 200 valence electrons. The summed E-state index contributed by atoms with van der Waals surface area (Å²) in [4.78, 5) is 22.9. The number of nitro benzene ring substituents is 1. The van der Waals surface area contributed by atoms with Gasteiger partial charge in [-0.25, -0.2) is 5.43 Å². The molecule has 0 radical (unpaired) electrons. The Balaban J connectivity index is 1.45. The molecule has 3 aromatic carbocycles. The number of thioether (sulfide) groups is 1. The first-order valence-electron chi connectivity index (χ1n) is 11.3. The van der Waals surface area contributed by atoms with Gasteiger partial charge in [0.25, 0.3) is 5.91 Å². The summed E-state index contributed by atoms with van der Waals surface area (Å²) < 4.78 is 3.42. The second kappa shape index (κ2) is 13.0. The van der Waals surface area contributed by atoms with E-state index in [9.17, 15) is 20.0 Å². The number of aryl methyl sites for hydroxylation is 1. The fraction of sp³-hybridized carbons (Fsp3) is 0.120. The van der Waals surface area contributed by atoms with Gasteiger partial charge in [0, 0.05) is 31.0 Å². The van der Waals surface area contributed by atoms with E-state index in [2.05, 4.69) is 70.6 Å². The lowest BCUT2D eigenvalue weighted by molar-refractivity contribution is -0.385. The Labute approximate surface area is 249 Å². The number of nitro groups is 1. The summed E-state index contributed by atoms with van der Waals surface area (Å²) in [7, 11) is 0. The third kappa shape index (κ3) is 7.33. The zero-order valence-electron chi connectivity index (χ0n) is 20.3. The third-order valence-corrected chi connectivity index (χ3v) is 7.40. The second-order valence-electron chi connectivity index (χ2n) is 8.08. The highest BCUT2D eigenvalue weighted by Gasteiger charge is 2.18. The van der Waals surface area contributed by atoms with E-state index in [4.69, 9.17) is 0 Å². The first-order chi connectivity index (χ1) is 18.7. The van der Waals surface area contributed by atoms with Crippen LogP contribution >= 0.6 is 50.3 Å². The van der Waals surface area contributed by atoms with E-state index < -0.39 is 22.3 Å². The number of carbonyl (C=O) groups excluding carboxylic acids is 1. The normalized spacial score (nSPS) is 11.1.